The maximum absolute atomic E-state index is 12.2. The predicted molar refractivity (Wildman–Crippen MR) is 39.1 cm³/mol. The summed E-state index contributed by atoms with van der Waals surface area (Å²) in [5.41, 5.74) is 0. The van der Waals surface area contributed by atoms with Crippen LogP contribution in [0.3, 0.4) is 0 Å². The van der Waals surface area contributed by atoms with Crippen molar-refractivity contribution in [2.75, 3.05) is 27.2 Å². The fourth-order valence-corrected chi connectivity index (χ4v) is 1.62. The van der Waals surface area contributed by atoms with E-state index >= 15 is 0 Å². The number of hydrogen-bond acceptors (Lipinski definition) is 3. The van der Waals surface area contributed by atoms with E-state index in [9.17, 15) is 12.3 Å². The molecule has 1 aliphatic rings. The third-order valence-electron chi connectivity index (χ3n) is 1.87. The number of nitrogens with zero attached hydrogens (tertiary/aromatic N) is 2. The molecule has 4 nitrogen and oxygen atoms in total. The van der Waals surface area contributed by atoms with Crippen molar-refractivity contribution in [3.63, 3.8) is 0 Å². The Hall–Kier alpha value is -0.200. The second kappa shape index (κ2) is 2.69. The maximum Gasteiger partial charge on any atom is 0.374 e. The van der Waals surface area contributed by atoms with Crippen LogP contribution >= 0.6 is 0 Å². The summed E-state index contributed by atoms with van der Waals surface area (Å²) in [5.74, 6) is 0. The highest BCUT2D eigenvalue weighted by Crippen LogP contribution is 2.17. The molecule has 0 bridgehead atoms. The highest BCUT2D eigenvalue weighted by Gasteiger charge is 2.36. The summed E-state index contributed by atoms with van der Waals surface area (Å²) in [5, 5.41) is 0. The molecule has 0 atom stereocenters. The first-order valence-corrected chi connectivity index (χ1v) is 4.61. The first-order chi connectivity index (χ1) is 4.91. The molecular formula is C5H11FN2O2S. The summed E-state index contributed by atoms with van der Waals surface area (Å²) in [6.07, 6.45) is 0. The highest BCUT2D eigenvalue weighted by molar-refractivity contribution is 7.84. The van der Waals surface area contributed by atoms with Crippen molar-refractivity contribution in [1.82, 2.24) is 9.21 Å². The van der Waals surface area contributed by atoms with Gasteiger partial charge in [-0.1, -0.05) is 3.89 Å². The standard InChI is InChI=1S/C5H11FN2O2S/c1-7(2)5-3-8(4-5)11(6,9)10/h5H,3-4H2,1-2H3. The SMILES string of the molecule is CN(C)C1CN(S(=O)(=O)F)C1. The number of hydrogen-bond donors (Lipinski definition) is 0. The van der Waals surface area contributed by atoms with Gasteiger partial charge in [-0.05, 0) is 14.1 Å². The van der Waals surface area contributed by atoms with Gasteiger partial charge in [0.15, 0.2) is 0 Å². The third kappa shape index (κ3) is 1.88. The fourth-order valence-electron chi connectivity index (χ4n) is 0.921. The predicted octanol–water partition coefficient (Wildman–Crippen LogP) is -0.553. The van der Waals surface area contributed by atoms with Crippen molar-refractivity contribution in [3.8, 4) is 0 Å². The lowest BCUT2D eigenvalue weighted by molar-refractivity contribution is 0.129. The monoisotopic (exact) mass is 182 g/mol. The Bertz CT molecular complexity index is 233. The molecule has 1 rings (SSSR count). The molecule has 1 heterocycles. The fraction of sp³-hybridized carbons (Fsp3) is 1.00. The zero-order valence-electron chi connectivity index (χ0n) is 6.49. The van der Waals surface area contributed by atoms with Gasteiger partial charge in [-0.2, -0.15) is 12.7 Å². The van der Waals surface area contributed by atoms with Crippen LogP contribution in [-0.2, 0) is 10.4 Å². The molecule has 0 unspecified atom stereocenters. The average molecular weight is 182 g/mol. The van der Waals surface area contributed by atoms with E-state index < -0.39 is 10.4 Å². The van der Waals surface area contributed by atoms with Gasteiger partial charge in [0.05, 0.1) is 0 Å². The van der Waals surface area contributed by atoms with Crippen LogP contribution in [0.15, 0.2) is 0 Å². The first kappa shape index (κ1) is 8.89. The molecule has 1 fully saturated rings. The van der Waals surface area contributed by atoms with Crippen molar-refractivity contribution in [2.45, 2.75) is 6.04 Å². The second-order valence-electron chi connectivity index (χ2n) is 2.88. The van der Waals surface area contributed by atoms with Gasteiger partial charge in [0.1, 0.15) is 0 Å². The summed E-state index contributed by atoms with van der Waals surface area (Å²) in [6.45, 7) is 0.539. The Balaban J connectivity index is 2.42. The summed E-state index contributed by atoms with van der Waals surface area (Å²) < 4.78 is 33.4. The molecule has 0 amide bonds. The largest absolute Gasteiger partial charge is 0.374 e. The highest BCUT2D eigenvalue weighted by atomic mass is 32.3. The van der Waals surface area contributed by atoms with Gasteiger partial charge in [0, 0.05) is 19.1 Å². The molecule has 6 heteroatoms. The van der Waals surface area contributed by atoms with Crippen molar-refractivity contribution in [3.05, 3.63) is 0 Å². The van der Waals surface area contributed by atoms with E-state index in [1.54, 1.807) is 0 Å². The molecule has 0 spiro atoms. The van der Waals surface area contributed by atoms with E-state index in [1.165, 1.54) is 0 Å². The van der Waals surface area contributed by atoms with E-state index in [0.29, 0.717) is 0 Å². The molecular weight excluding hydrogens is 171 g/mol. The lowest BCUT2D eigenvalue weighted by Crippen LogP contribution is -2.58. The molecule has 66 valence electrons. The molecule has 0 aromatic heterocycles. The molecule has 1 saturated heterocycles. The van der Waals surface area contributed by atoms with Crippen LogP contribution in [0.25, 0.3) is 0 Å². The van der Waals surface area contributed by atoms with Crippen LogP contribution in [0.4, 0.5) is 3.89 Å². The maximum atomic E-state index is 12.2. The molecule has 0 aromatic carbocycles. The minimum absolute atomic E-state index is 0.167. The molecule has 0 N–H and O–H groups in total. The van der Waals surface area contributed by atoms with Crippen LogP contribution in [0, 0.1) is 0 Å². The smallest absolute Gasteiger partial charge is 0.304 e. The number of rotatable bonds is 2. The van der Waals surface area contributed by atoms with Crippen LogP contribution in [-0.4, -0.2) is 50.8 Å². The minimum Gasteiger partial charge on any atom is -0.304 e. The molecule has 0 aliphatic carbocycles. The van der Waals surface area contributed by atoms with E-state index in [-0.39, 0.29) is 19.1 Å². The normalized spacial score (nSPS) is 22.2. The van der Waals surface area contributed by atoms with E-state index in [4.69, 9.17) is 0 Å². The van der Waals surface area contributed by atoms with Crippen LogP contribution < -0.4 is 0 Å². The third-order valence-corrected chi connectivity index (χ3v) is 2.78. The summed E-state index contributed by atoms with van der Waals surface area (Å²) >= 11 is 0. The van der Waals surface area contributed by atoms with Crippen molar-refractivity contribution >= 4 is 10.4 Å². The molecule has 1 aliphatic heterocycles. The molecule has 11 heavy (non-hydrogen) atoms. The summed E-state index contributed by atoms with van der Waals surface area (Å²) in [6, 6.07) is 0.167. The summed E-state index contributed by atoms with van der Waals surface area (Å²) in [7, 11) is -0.746. The number of likely N-dealkylation sites (N-methyl/N-ethyl adjacent to an activating group) is 1. The lowest BCUT2D eigenvalue weighted by atomic mass is 10.2. The lowest BCUT2D eigenvalue weighted by Gasteiger charge is -2.39. The Morgan fingerprint density at radius 2 is 1.91 bits per heavy atom. The van der Waals surface area contributed by atoms with Crippen molar-refractivity contribution in [2.24, 2.45) is 0 Å². The Morgan fingerprint density at radius 1 is 1.45 bits per heavy atom. The van der Waals surface area contributed by atoms with Gasteiger partial charge in [0.2, 0.25) is 0 Å². The molecule has 0 radical (unpaired) electrons. The van der Waals surface area contributed by atoms with E-state index in [1.807, 2.05) is 19.0 Å². The minimum atomic E-state index is -4.43. The molecule has 0 saturated carbocycles. The van der Waals surface area contributed by atoms with Gasteiger partial charge >= 0.3 is 10.4 Å². The average Bonchev–Trinajstić information content (AvgIpc) is 1.51. The Kier molecular flexibility index (Phi) is 2.17. The van der Waals surface area contributed by atoms with Gasteiger partial charge in [-0.15, -0.1) is 0 Å². The van der Waals surface area contributed by atoms with Gasteiger partial charge in [-0.25, -0.2) is 0 Å². The van der Waals surface area contributed by atoms with Crippen LogP contribution in [0.1, 0.15) is 0 Å². The first-order valence-electron chi connectivity index (χ1n) is 3.27. The van der Waals surface area contributed by atoms with Crippen LogP contribution in [0.2, 0.25) is 0 Å². The molecule has 0 aromatic rings. The Labute approximate surface area is 65.9 Å². The van der Waals surface area contributed by atoms with Crippen LogP contribution in [0.5, 0.6) is 0 Å². The zero-order valence-corrected chi connectivity index (χ0v) is 7.31. The van der Waals surface area contributed by atoms with Crippen molar-refractivity contribution in [1.29, 1.82) is 0 Å². The quantitative estimate of drug-likeness (QED) is 0.538. The Morgan fingerprint density at radius 3 is 2.18 bits per heavy atom. The topological polar surface area (TPSA) is 40.6 Å². The summed E-state index contributed by atoms with van der Waals surface area (Å²) in [4.78, 5) is 1.88. The number of halogens is 1. The van der Waals surface area contributed by atoms with E-state index in [0.717, 1.165) is 4.31 Å². The second-order valence-corrected chi connectivity index (χ2v) is 4.22. The van der Waals surface area contributed by atoms with E-state index in [2.05, 4.69) is 0 Å². The van der Waals surface area contributed by atoms with Gasteiger partial charge in [-0.3, -0.25) is 0 Å². The van der Waals surface area contributed by atoms with Gasteiger partial charge in [0.25, 0.3) is 0 Å². The van der Waals surface area contributed by atoms with Gasteiger partial charge < -0.3 is 4.90 Å². The zero-order chi connectivity index (χ0) is 8.65. The van der Waals surface area contributed by atoms with Crippen molar-refractivity contribution < 1.29 is 12.3 Å².